The van der Waals surface area contributed by atoms with Gasteiger partial charge in [0.05, 0.1) is 20.1 Å². The largest absolute Gasteiger partial charge is 0.494 e. The highest BCUT2D eigenvalue weighted by Crippen LogP contribution is 2.18. The van der Waals surface area contributed by atoms with Crippen molar-refractivity contribution in [3.63, 3.8) is 0 Å². The van der Waals surface area contributed by atoms with Crippen LogP contribution in [0.1, 0.15) is 12.0 Å². The standard InChI is InChI=1S/C18H20FNO3/c1-20(13-14-8-9-17(22-2)16(19)12-14)18(21)10-11-23-15-6-4-3-5-7-15/h3-9,12H,10-11,13H2,1-2H3. The molecule has 23 heavy (non-hydrogen) atoms. The molecule has 0 spiro atoms. The van der Waals surface area contributed by atoms with Gasteiger partial charge in [-0.1, -0.05) is 24.3 Å². The molecule has 2 aromatic carbocycles. The first kappa shape index (κ1) is 16.8. The smallest absolute Gasteiger partial charge is 0.226 e. The molecule has 0 aromatic heterocycles. The van der Waals surface area contributed by atoms with Crippen molar-refractivity contribution in [1.82, 2.24) is 4.90 Å². The summed E-state index contributed by atoms with van der Waals surface area (Å²) in [5.41, 5.74) is 0.711. The summed E-state index contributed by atoms with van der Waals surface area (Å²) in [6.07, 6.45) is 0.268. The van der Waals surface area contributed by atoms with Gasteiger partial charge in [-0.25, -0.2) is 4.39 Å². The summed E-state index contributed by atoms with van der Waals surface area (Å²) in [6, 6.07) is 14.0. The number of hydrogen-bond acceptors (Lipinski definition) is 3. The number of nitrogens with zero attached hydrogens (tertiary/aromatic N) is 1. The van der Waals surface area contributed by atoms with Gasteiger partial charge in [-0.05, 0) is 29.8 Å². The van der Waals surface area contributed by atoms with E-state index in [0.717, 1.165) is 5.75 Å². The van der Waals surface area contributed by atoms with Gasteiger partial charge in [0.25, 0.3) is 0 Å². The van der Waals surface area contributed by atoms with E-state index in [1.165, 1.54) is 13.2 Å². The number of benzene rings is 2. The fourth-order valence-corrected chi connectivity index (χ4v) is 2.13. The predicted octanol–water partition coefficient (Wildman–Crippen LogP) is 3.26. The SMILES string of the molecule is COc1ccc(CN(C)C(=O)CCOc2ccccc2)cc1F. The van der Waals surface area contributed by atoms with Crippen LogP contribution in [0.2, 0.25) is 0 Å². The summed E-state index contributed by atoms with van der Waals surface area (Å²) >= 11 is 0. The molecule has 0 bridgehead atoms. The zero-order valence-corrected chi connectivity index (χ0v) is 13.3. The second-order valence-electron chi connectivity index (χ2n) is 5.13. The van der Waals surface area contributed by atoms with Crippen molar-refractivity contribution in [2.24, 2.45) is 0 Å². The lowest BCUT2D eigenvalue weighted by molar-refractivity contribution is -0.130. The first-order valence-corrected chi connectivity index (χ1v) is 7.34. The highest BCUT2D eigenvalue weighted by atomic mass is 19.1. The monoisotopic (exact) mass is 317 g/mol. The number of carbonyl (C=O) groups is 1. The molecule has 0 atom stereocenters. The fraction of sp³-hybridized carbons (Fsp3) is 0.278. The molecular weight excluding hydrogens is 297 g/mol. The zero-order chi connectivity index (χ0) is 16.7. The van der Waals surface area contributed by atoms with Crippen LogP contribution in [0.15, 0.2) is 48.5 Å². The number of methoxy groups -OCH3 is 1. The Kier molecular flexibility index (Phi) is 5.97. The zero-order valence-electron chi connectivity index (χ0n) is 13.3. The van der Waals surface area contributed by atoms with E-state index in [1.807, 2.05) is 30.3 Å². The lowest BCUT2D eigenvalue weighted by atomic mass is 10.2. The van der Waals surface area contributed by atoms with Crippen LogP contribution in [-0.4, -0.2) is 31.6 Å². The number of amides is 1. The van der Waals surface area contributed by atoms with Crippen molar-refractivity contribution in [3.8, 4) is 11.5 Å². The highest BCUT2D eigenvalue weighted by Gasteiger charge is 2.11. The number of para-hydroxylation sites is 1. The minimum absolute atomic E-state index is 0.0582. The van der Waals surface area contributed by atoms with Gasteiger partial charge in [-0.3, -0.25) is 4.79 Å². The number of ether oxygens (including phenoxy) is 2. The Morgan fingerprint density at radius 1 is 1.17 bits per heavy atom. The predicted molar refractivity (Wildman–Crippen MR) is 86.0 cm³/mol. The second-order valence-corrected chi connectivity index (χ2v) is 5.13. The molecule has 4 nitrogen and oxygen atoms in total. The maximum atomic E-state index is 13.6. The molecule has 1 amide bonds. The average molecular weight is 317 g/mol. The van der Waals surface area contributed by atoms with Gasteiger partial charge < -0.3 is 14.4 Å². The van der Waals surface area contributed by atoms with Crippen molar-refractivity contribution < 1.29 is 18.7 Å². The second kappa shape index (κ2) is 8.17. The lowest BCUT2D eigenvalue weighted by Crippen LogP contribution is -2.27. The van der Waals surface area contributed by atoms with Crippen LogP contribution in [0.25, 0.3) is 0 Å². The van der Waals surface area contributed by atoms with Crippen molar-refractivity contribution >= 4 is 5.91 Å². The van der Waals surface area contributed by atoms with Crippen LogP contribution in [0.3, 0.4) is 0 Å². The molecular formula is C18H20FNO3. The molecule has 0 aliphatic heterocycles. The maximum Gasteiger partial charge on any atom is 0.226 e. The Morgan fingerprint density at radius 2 is 1.91 bits per heavy atom. The molecule has 0 aliphatic rings. The van der Waals surface area contributed by atoms with Gasteiger partial charge in [0.1, 0.15) is 5.75 Å². The van der Waals surface area contributed by atoms with Crippen molar-refractivity contribution in [2.75, 3.05) is 20.8 Å². The van der Waals surface area contributed by atoms with Crippen molar-refractivity contribution in [1.29, 1.82) is 0 Å². The minimum Gasteiger partial charge on any atom is -0.494 e. The van der Waals surface area contributed by atoms with E-state index in [0.29, 0.717) is 18.7 Å². The Labute approximate surface area is 135 Å². The van der Waals surface area contributed by atoms with Crippen LogP contribution >= 0.6 is 0 Å². The van der Waals surface area contributed by atoms with Crippen molar-refractivity contribution in [2.45, 2.75) is 13.0 Å². The number of carbonyl (C=O) groups excluding carboxylic acids is 1. The van der Waals surface area contributed by atoms with Crippen molar-refractivity contribution in [3.05, 3.63) is 59.9 Å². The Balaban J connectivity index is 1.81. The van der Waals surface area contributed by atoms with E-state index in [2.05, 4.69) is 0 Å². The third kappa shape index (κ3) is 4.98. The summed E-state index contributed by atoms with van der Waals surface area (Å²) in [5, 5.41) is 0. The minimum atomic E-state index is -0.432. The van der Waals surface area contributed by atoms with Crippen LogP contribution in [0.5, 0.6) is 11.5 Å². The van der Waals surface area contributed by atoms with Gasteiger partial charge in [0.2, 0.25) is 5.91 Å². The fourth-order valence-electron chi connectivity index (χ4n) is 2.13. The molecule has 5 heteroatoms. The summed E-state index contributed by atoms with van der Waals surface area (Å²) in [4.78, 5) is 13.6. The molecule has 0 unspecified atom stereocenters. The molecule has 0 saturated heterocycles. The van der Waals surface area contributed by atoms with Crippen LogP contribution < -0.4 is 9.47 Å². The summed E-state index contributed by atoms with van der Waals surface area (Å²) in [6.45, 7) is 0.648. The molecule has 122 valence electrons. The molecule has 0 saturated carbocycles. The van der Waals surface area contributed by atoms with E-state index in [9.17, 15) is 9.18 Å². The Bertz CT molecular complexity index is 646. The first-order chi connectivity index (χ1) is 11.1. The number of rotatable bonds is 7. The quantitative estimate of drug-likeness (QED) is 0.787. The molecule has 2 aromatic rings. The van der Waals surface area contributed by atoms with Crippen LogP contribution in [0.4, 0.5) is 4.39 Å². The normalized spacial score (nSPS) is 10.2. The molecule has 0 aliphatic carbocycles. The number of hydrogen-bond donors (Lipinski definition) is 0. The van der Waals surface area contributed by atoms with E-state index in [4.69, 9.17) is 9.47 Å². The topological polar surface area (TPSA) is 38.8 Å². The Morgan fingerprint density at radius 3 is 2.57 bits per heavy atom. The number of halogens is 1. The van der Waals surface area contributed by atoms with E-state index in [-0.39, 0.29) is 18.1 Å². The lowest BCUT2D eigenvalue weighted by Gasteiger charge is -2.18. The maximum absolute atomic E-state index is 13.6. The van der Waals surface area contributed by atoms with E-state index < -0.39 is 5.82 Å². The van der Waals surface area contributed by atoms with Gasteiger partial charge in [0, 0.05) is 13.6 Å². The summed E-state index contributed by atoms with van der Waals surface area (Å²) < 4.78 is 24.0. The highest BCUT2D eigenvalue weighted by molar-refractivity contribution is 5.76. The van der Waals surface area contributed by atoms with E-state index >= 15 is 0 Å². The average Bonchev–Trinajstić information content (AvgIpc) is 2.56. The third-order valence-electron chi connectivity index (χ3n) is 3.39. The van der Waals surface area contributed by atoms with Gasteiger partial charge >= 0.3 is 0 Å². The van der Waals surface area contributed by atoms with Crippen LogP contribution in [-0.2, 0) is 11.3 Å². The third-order valence-corrected chi connectivity index (χ3v) is 3.39. The summed E-state index contributed by atoms with van der Waals surface area (Å²) in [5.74, 6) is 0.439. The van der Waals surface area contributed by atoms with Gasteiger partial charge in [-0.15, -0.1) is 0 Å². The summed E-state index contributed by atoms with van der Waals surface area (Å²) in [7, 11) is 3.10. The first-order valence-electron chi connectivity index (χ1n) is 7.34. The molecule has 0 fully saturated rings. The molecule has 2 rings (SSSR count). The van der Waals surface area contributed by atoms with Gasteiger partial charge in [-0.2, -0.15) is 0 Å². The van der Waals surface area contributed by atoms with Gasteiger partial charge in [0.15, 0.2) is 11.6 Å². The molecule has 0 heterocycles. The van der Waals surface area contributed by atoms with E-state index in [1.54, 1.807) is 24.1 Å². The Hall–Kier alpha value is -2.56. The van der Waals surface area contributed by atoms with Crippen LogP contribution in [0, 0.1) is 5.82 Å². The molecule has 0 N–H and O–H groups in total. The molecule has 0 radical (unpaired) electrons.